The van der Waals surface area contributed by atoms with E-state index in [2.05, 4.69) is 31.2 Å². The average Bonchev–Trinajstić information content (AvgIpc) is 2.88. The molecule has 0 aliphatic carbocycles. The van der Waals surface area contributed by atoms with Crippen LogP contribution in [0.4, 0.5) is 0 Å². The van der Waals surface area contributed by atoms with Gasteiger partial charge in [-0.3, -0.25) is 0 Å². The monoisotopic (exact) mass is 374 g/mol. The van der Waals surface area contributed by atoms with Crippen LogP contribution in [0, 0.1) is 4.77 Å². The Bertz CT molecular complexity index is 883. The van der Waals surface area contributed by atoms with E-state index in [0.29, 0.717) is 10.6 Å². The topological polar surface area (TPSA) is 66.2 Å². The van der Waals surface area contributed by atoms with Crippen molar-refractivity contribution in [2.45, 2.75) is 0 Å². The Morgan fingerprint density at radius 3 is 2.64 bits per heavy atom. The molecule has 3 aromatic rings. The lowest BCUT2D eigenvalue weighted by Crippen LogP contribution is -1.95. The van der Waals surface area contributed by atoms with E-state index >= 15 is 0 Å². The normalized spacial score (nSPS) is 11.1. The van der Waals surface area contributed by atoms with E-state index in [-0.39, 0.29) is 5.75 Å². The molecule has 110 valence electrons. The minimum absolute atomic E-state index is 0.214. The first-order valence-corrected chi connectivity index (χ1v) is 7.61. The number of aromatic nitrogens is 3. The number of H-pyrrole nitrogens is 1. The quantitative estimate of drug-likeness (QED) is 0.538. The average molecular weight is 375 g/mol. The van der Waals surface area contributed by atoms with Gasteiger partial charge in [0.25, 0.3) is 0 Å². The fourth-order valence-electron chi connectivity index (χ4n) is 1.90. The highest BCUT2D eigenvalue weighted by Crippen LogP contribution is 2.26. The summed E-state index contributed by atoms with van der Waals surface area (Å²) in [5.41, 5.74) is 1.73. The summed E-state index contributed by atoms with van der Waals surface area (Å²) in [5, 5.41) is 20.6. The van der Waals surface area contributed by atoms with E-state index in [1.54, 1.807) is 35.2 Å². The Kier molecular flexibility index (Phi) is 4.17. The fraction of sp³-hybridized carbons (Fsp3) is 0. The van der Waals surface area contributed by atoms with Crippen LogP contribution in [0.1, 0.15) is 5.56 Å². The molecule has 0 fully saturated rings. The largest absolute Gasteiger partial charge is 0.508 e. The third-order valence-corrected chi connectivity index (χ3v) is 3.94. The number of halogens is 1. The van der Waals surface area contributed by atoms with Gasteiger partial charge < -0.3 is 5.11 Å². The van der Waals surface area contributed by atoms with Gasteiger partial charge in [-0.05, 0) is 54.2 Å². The van der Waals surface area contributed by atoms with Crippen LogP contribution in [0.15, 0.2) is 58.1 Å². The van der Waals surface area contributed by atoms with Crippen LogP contribution in [0.5, 0.6) is 5.75 Å². The molecule has 1 aromatic heterocycles. The maximum absolute atomic E-state index is 9.29. The molecule has 0 saturated heterocycles. The summed E-state index contributed by atoms with van der Waals surface area (Å²) in [5.74, 6) is 0.832. The number of nitrogens with one attached hydrogen (secondary N) is 1. The Morgan fingerprint density at radius 1 is 1.18 bits per heavy atom. The van der Waals surface area contributed by atoms with Gasteiger partial charge in [0.15, 0.2) is 5.82 Å². The minimum atomic E-state index is 0.214. The molecule has 0 atom stereocenters. The lowest BCUT2D eigenvalue weighted by Gasteiger charge is -2.03. The Hall–Kier alpha value is -2.25. The molecular weight excluding hydrogens is 364 g/mol. The van der Waals surface area contributed by atoms with Crippen molar-refractivity contribution in [2.24, 2.45) is 5.10 Å². The minimum Gasteiger partial charge on any atom is -0.508 e. The SMILES string of the molecule is Oc1ccc(C=Nn2c(-c3ccccc3Br)n[nH]c2=S)cc1. The highest BCUT2D eigenvalue weighted by Gasteiger charge is 2.10. The predicted octanol–water partition coefficient (Wildman–Crippen LogP) is 3.96. The van der Waals surface area contributed by atoms with Gasteiger partial charge in [0.05, 0.1) is 6.21 Å². The summed E-state index contributed by atoms with van der Waals surface area (Å²) in [7, 11) is 0. The lowest BCUT2D eigenvalue weighted by atomic mass is 10.2. The van der Waals surface area contributed by atoms with Crippen molar-refractivity contribution in [2.75, 3.05) is 0 Å². The molecule has 0 aliphatic rings. The predicted molar refractivity (Wildman–Crippen MR) is 91.6 cm³/mol. The first kappa shape index (κ1) is 14.7. The number of phenolic OH excluding ortho intramolecular Hbond substituents is 1. The molecule has 0 saturated carbocycles. The van der Waals surface area contributed by atoms with Crippen molar-refractivity contribution in [3.8, 4) is 17.1 Å². The molecule has 7 heteroatoms. The van der Waals surface area contributed by atoms with Gasteiger partial charge in [-0.1, -0.05) is 28.1 Å². The standard InChI is InChI=1S/C15H11BrN4OS/c16-13-4-2-1-3-12(13)14-18-19-15(22)20(14)17-9-10-5-7-11(21)8-6-10/h1-9,21H,(H,19,22). The van der Waals surface area contributed by atoms with E-state index in [1.165, 1.54) is 0 Å². The van der Waals surface area contributed by atoms with Crippen molar-refractivity contribution >= 4 is 34.4 Å². The molecule has 0 aliphatic heterocycles. The molecule has 1 heterocycles. The van der Waals surface area contributed by atoms with Crippen molar-refractivity contribution < 1.29 is 5.11 Å². The second-order valence-corrected chi connectivity index (χ2v) is 5.72. The number of rotatable bonds is 3. The molecule has 5 nitrogen and oxygen atoms in total. The maximum atomic E-state index is 9.29. The number of phenols is 1. The van der Waals surface area contributed by atoms with E-state index in [1.807, 2.05) is 24.3 Å². The van der Waals surface area contributed by atoms with Crippen LogP contribution >= 0.6 is 28.1 Å². The summed E-state index contributed by atoms with van der Waals surface area (Å²) in [6.07, 6.45) is 1.66. The number of nitrogens with zero attached hydrogens (tertiary/aromatic N) is 3. The molecule has 2 N–H and O–H groups in total. The molecule has 0 bridgehead atoms. The highest BCUT2D eigenvalue weighted by molar-refractivity contribution is 9.10. The van der Waals surface area contributed by atoms with E-state index < -0.39 is 0 Å². The summed E-state index contributed by atoms with van der Waals surface area (Å²) < 4.78 is 2.87. The Labute approximate surface area is 140 Å². The zero-order valence-electron chi connectivity index (χ0n) is 11.3. The number of benzene rings is 2. The summed E-state index contributed by atoms with van der Waals surface area (Å²) in [6, 6.07) is 14.4. The summed E-state index contributed by atoms with van der Waals surface area (Å²) in [4.78, 5) is 0. The van der Waals surface area contributed by atoms with Gasteiger partial charge in [0.1, 0.15) is 5.75 Å². The van der Waals surface area contributed by atoms with Gasteiger partial charge in [0.2, 0.25) is 4.77 Å². The second-order valence-electron chi connectivity index (χ2n) is 4.48. The maximum Gasteiger partial charge on any atom is 0.216 e. The first-order chi connectivity index (χ1) is 10.6. The van der Waals surface area contributed by atoms with Gasteiger partial charge in [0, 0.05) is 10.0 Å². The number of aromatic hydroxyl groups is 1. The number of aromatic amines is 1. The zero-order chi connectivity index (χ0) is 15.5. The molecule has 3 rings (SSSR count). The molecule has 0 spiro atoms. The zero-order valence-corrected chi connectivity index (χ0v) is 13.7. The van der Waals surface area contributed by atoms with Crippen molar-refractivity contribution in [1.29, 1.82) is 0 Å². The molecule has 0 radical (unpaired) electrons. The van der Waals surface area contributed by atoms with E-state index in [0.717, 1.165) is 15.6 Å². The van der Waals surface area contributed by atoms with E-state index in [9.17, 15) is 5.11 Å². The van der Waals surface area contributed by atoms with Crippen LogP contribution in [0.25, 0.3) is 11.4 Å². The first-order valence-electron chi connectivity index (χ1n) is 6.41. The van der Waals surface area contributed by atoms with Crippen molar-refractivity contribution in [3.05, 3.63) is 63.3 Å². The van der Waals surface area contributed by atoms with Crippen LogP contribution in [-0.4, -0.2) is 26.2 Å². The number of hydrogen-bond donors (Lipinski definition) is 2. The summed E-state index contributed by atoms with van der Waals surface area (Å²) in [6.45, 7) is 0. The lowest BCUT2D eigenvalue weighted by molar-refractivity contribution is 0.475. The smallest absolute Gasteiger partial charge is 0.216 e. The van der Waals surface area contributed by atoms with Crippen LogP contribution in [0.3, 0.4) is 0 Å². The molecule has 0 unspecified atom stereocenters. The van der Waals surface area contributed by atoms with Gasteiger partial charge >= 0.3 is 0 Å². The molecule has 22 heavy (non-hydrogen) atoms. The third-order valence-electron chi connectivity index (χ3n) is 2.98. The van der Waals surface area contributed by atoms with Crippen LogP contribution in [-0.2, 0) is 0 Å². The van der Waals surface area contributed by atoms with Gasteiger partial charge in [-0.2, -0.15) is 14.9 Å². The molecule has 2 aromatic carbocycles. The Morgan fingerprint density at radius 2 is 1.91 bits per heavy atom. The van der Waals surface area contributed by atoms with Crippen molar-refractivity contribution in [1.82, 2.24) is 14.9 Å². The summed E-state index contributed by atoms with van der Waals surface area (Å²) >= 11 is 8.73. The third kappa shape index (κ3) is 3.00. The van der Waals surface area contributed by atoms with Crippen molar-refractivity contribution in [3.63, 3.8) is 0 Å². The second kappa shape index (κ2) is 6.25. The number of hydrogen-bond acceptors (Lipinski definition) is 4. The Balaban J connectivity index is 2.02. The van der Waals surface area contributed by atoms with Gasteiger partial charge in [-0.15, -0.1) is 0 Å². The highest BCUT2D eigenvalue weighted by atomic mass is 79.9. The fourth-order valence-corrected chi connectivity index (χ4v) is 2.54. The van der Waals surface area contributed by atoms with Crippen LogP contribution in [0.2, 0.25) is 0 Å². The molecular formula is C15H11BrN4OS. The van der Waals surface area contributed by atoms with Crippen LogP contribution < -0.4 is 0 Å². The van der Waals surface area contributed by atoms with E-state index in [4.69, 9.17) is 12.2 Å². The molecule has 0 amide bonds. The van der Waals surface area contributed by atoms with Gasteiger partial charge in [-0.25, -0.2) is 5.10 Å².